The van der Waals surface area contributed by atoms with Crippen LogP contribution in [0.3, 0.4) is 0 Å². The lowest BCUT2D eigenvalue weighted by Crippen LogP contribution is -2.65. The second-order valence-electron chi connectivity index (χ2n) is 9.94. The number of amides is 1. The molecule has 0 aromatic heterocycles. The van der Waals surface area contributed by atoms with Gasteiger partial charge in [0.15, 0.2) is 11.4 Å². The quantitative estimate of drug-likeness (QED) is 0.207. The van der Waals surface area contributed by atoms with Crippen molar-refractivity contribution >= 4 is 29.2 Å². The number of phenolic OH excluding ortho intramolecular Hbond substituents is 1. The van der Waals surface area contributed by atoms with E-state index in [0.29, 0.717) is 6.42 Å². The van der Waals surface area contributed by atoms with E-state index in [9.17, 15) is 39.6 Å². The highest BCUT2D eigenvalue weighted by Gasteiger charge is 2.64. The standard InChI is InChI=1S/C26H30N2O9/c1-4-5-8-37-25(35)12-6-7-15(29)17-13(12)9-11-10-14-19(28(2)3)21(31)18(24(27)34)23(33)26(14,36)22(32)16(11)20(17)30/h6-7,11,14,19,29-30,33,36H,4-5,8-10H2,1-3H3,(H2,27,34)/t11-,14-,19?,26-/m0/s1. The molecular formula is C26H30N2O9. The fourth-order valence-corrected chi connectivity index (χ4v) is 5.82. The molecule has 0 aliphatic heterocycles. The number of hydrogen-bond acceptors (Lipinski definition) is 10. The molecule has 0 spiro atoms. The summed E-state index contributed by atoms with van der Waals surface area (Å²) in [5, 5.41) is 44.2. The van der Waals surface area contributed by atoms with Gasteiger partial charge in [0.25, 0.3) is 5.91 Å². The first kappa shape index (κ1) is 26.4. The second kappa shape index (κ2) is 9.31. The zero-order valence-electron chi connectivity index (χ0n) is 20.8. The van der Waals surface area contributed by atoms with Gasteiger partial charge >= 0.3 is 5.97 Å². The number of unbranched alkanes of at least 4 members (excludes halogenated alkanes) is 1. The molecule has 0 bridgehead atoms. The van der Waals surface area contributed by atoms with E-state index in [1.54, 1.807) is 0 Å². The Labute approximate surface area is 212 Å². The number of primary amides is 1. The molecule has 0 radical (unpaired) electrons. The van der Waals surface area contributed by atoms with Crippen LogP contribution in [-0.4, -0.2) is 81.1 Å². The minimum Gasteiger partial charge on any atom is -0.508 e. The molecule has 1 aromatic carbocycles. The number of benzene rings is 1. The number of ketones is 2. The van der Waals surface area contributed by atoms with Gasteiger partial charge in [-0.05, 0) is 57.0 Å². The summed E-state index contributed by atoms with van der Waals surface area (Å²) in [6.45, 7) is 2.13. The summed E-state index contributed by atoms with van der Waals surface area (Å²) in [5.74, 6) is -8.05. The molecule has 4 rings (SSSR count). The molecule has 1 amide bonds. The highest BCUT2D eigenvalue weighted by atomic mass is 16.5. The molecule has 6 N–H and O–H groups in total. The number of hydrogen-bond donors (Lipinski definition) is 5. The summed E-state index contributed by atoms with van der Waals surface area (Å²) < 4.78 is 5.32. The summed E-state index contributed by atoms with van der Waals surface area (Å²) in [4.78, 5) is 53.1. The zero-order chi connectivity index (χ0) is 27.4. The van der Waals surface area contributed by atoms with E-state index in [1.165, 1.54) is 31.1 Å². The predicted molar refractivity (Wildman–Crippen MR) is 129 cm³/mol. The molecule has 4 atom stereocenters. The Morgan fingerprint density at radius 1 is 1.19 bits per heavy atom. The van der Waals surface area contributed by atoms with Crippen LogP contribution in [0, 0.1) is 11.8 Å². The van der Waals surface area contributed by atoms with Crippen molar-refractivity contribution in [3.05, 3.63) is 45.7 Å². The first-order valence-corrected chi connectivity index (χ1v) is 12.0. The number of aliphatic hydroxyl groups excluding tert-OH is 2. The van der Waals surface area contributed by atoms with Crippen LogP contribution in [0.25, 0.3) is 5.76 Å². The number of likely N-dealkylation sites (N-methyl/N-ethyl adjacent to an activating group) is 1. The Morgan fingerprint density at radius 2 is 1.86 bits per heavy atom. The van der Waals surface area contributed by atoms with Gasteiger partial charge in [0.1, 0.15) is 22.8 Å². The number of carbonyl (C=O) groups excluding carboxylic acids is 4. The largest absolute Gasteiger partial charge is 0.508 e. The van der Waals surface area contributed by atoms with Gasteiger partial charge in [0, 0.05) is 11.5 Å². The summed E-state index contributed by atoms with van der Waals surface area (Å²) in [6.07, 6.45) is 1.42. The van der Waals surface area contributed by atoms with Crippen LogP contribution in [0.15, 0.2) is 29.0 Å². The van der Waals surface area contributed by atoms with E-state index in [2.05, 4.69) is 0 Å². The monoisotopic (exact) mass is 514 g/mol. The maximum Gasteiger partial charge on any atom is 0.338 e. The third-order valence-corrected chi connectivity index (χ3v) is 7.56. The summed E-state index contributed by atoms with van der Waals surface area (Å²) >= 11 is 0. The van der Waals surface area contributed by atoms with Gasteiger partial charge in [-0.3, -0.25) is 19.3 Å². The molecule has 11 nitrogen and oxygen atoms in total. The van der Waals surface area contributed by atoms with Gasteiger partial charge in [0.2, 0.25) is 5.78 Å². The normalized spacial score (nSPS) is 27.1. The Morgan fingerprint density at radius 3 is 2.46 bits per heavy atom. The average Bonchev–Trinajstić information content (AvgIpc) is 2.81. The lowest BCUT2D eigenvalue weighted by atomic mass is 9.57. The second-order valence-corrected chi connectivity index (χ2v) is 9.94. The Bertz CT molecular complexity index is 1280. The summed E-state index contributed by atoms with van der Waals surface area (Å²) in [6, 6.07) is 1.39. The Hall–Kier alpha value is -3.70. The van der Waals surface area contributed by atoms with Crippen LogP contribution in [-0.2, 0) is 25.5 Å². The third-order valence-electron chi connectivity index (χ3n) is 7.56. The number of carbonyl (C=O) groups is 4. The maximum atomic E-state index is 13.8. The van der Waals surface area contributed by atoms with Crippen LogP contribution >= 0.6 is 0 Å². The van der Waals surface area contributed by atoms with Crippen LogP contribution in [0.4, 0.5) is 0 Å². The fraction of sp³-hybridized carbons (Fsp3) is 0.462. The first-order chi connectivity index (χ1) is 17.4. The number of esters is 1. The molecule has 1 aromatic rings. The number of aromatic hydroxyl groups is 1. The summed E-state index contributed by atoms with van der Waals surface area (Å²) in [7, 11) is 3.05. The molecular weight excluding hydrogens is 484 g/mol. The van der Waals surface area contributed by atoms with Crippen LogP contribution in [0.1, 0.15) is 47.7 Å². The minimum absolute atomic E-state index is 0.0150. The van der Waals surface area contributed by atoms with E-state index in [1.807, 2.05) is 6.92 Å². The predicted octanol–water partition coefficient (Wildman–Crippen LogP) is 0.921. The Balaban J connectivity index is 1.90. The van der Waals surface area contributed by atoms with Gasteiger partial charge in [0.05, 0.1) is 23.8 Å². The fourth-order valence-electron chi connectivity index (χ4n) is 5.82. The third kappa shape index (κ3) is 3.80. The van der Waals surface area contributed by atoms with Crippen molar-refractivity contribution < 1.29 is 44.3 Å². The van der Waals surface area contributed by atoms with E-state index < -0.39 is 69.8 Å². The van der Waals surface area contributed by atoms with Crippen molar-refractivity contribution in [3.8, 4) is 5.75 Å². The van der Waals surface area contributed by atoms with Crippen molar-refractivity contribution in [3.63, 3.8) is 0 Å². The van der Waals surface area contributed by atoms with Gasteiger partial charge in [-0.15, -0.1) is 0 Å². The molecule has 0 heterocycles. The van der Waals surface area contributed by atoms with E-state index >= 15 is 0 Å². The molecule has 1 fully saturated rings. The molecule has 0 saturated heterocycles. The first-order valence-electron chi connectivity index (χ1n) is 12.0. The zero-order valence-corrected chi connectivity index (χ0v) is 20.8. The highest BCUT2D eigenvalue weighted by Crippen LogP contribution is 2.52. The minimum atomic E-state index is -2.71. The van der Waals surface area contributed by atoms with Crippen LogP contribution in [0.2, 0.25) is 0 Å². The average molecular weight is 515 g/mol. The highest BCUT2D eigenvalue weighted by molar-refractivity contribution is 6.24. The van der Waals surface area contributed by atoms with Crippen LogP contribution in [0.5, 0.6) is 5.75 Å². The number of phenols is 1. The molecule has 37 heavy (non-hydrogen) atoms. The lowest BCUT2D eigenvalue weighted by Gasteiger charge is -2.50. The van der Waals surface area contributed by atoms with Crippen molar-refractivity contribution in [1.82, 2.24) is 4.90 Å². The van der Waals surface area contributed by atoms with Crippen molar-refractivity contribution in [2.24, 2.45) is 17.6 Å². The van der Waals surface area contributed by atoms with Crippen molar-refractivity contribution in [2.45, 2.75) is 44.2 Å². The van der Waals surface area contributed by atoms with Gasteiger partial charge < -0.3 is 30.9 Å². The smallest absolute Gasteiger partial charge is 0.338 e. The van der Waals surface area contributed by atoms with Gasteiger partial charge in [-0.2, -0.15) is 0 Å². The number of fused-ring (bicyclic) bond motifs is 3. The number of rotatable bonds is 6. The molecule has 1 saturated carbocycles. The topological polar surface area (TPSA) is 188 Å². The SMILES string of the molecule is CCCCOC(=O)c1ccc(O)c2c1C[C@H]1C[C@H]3C(N(C)C)C(=O)C(C(N)=O)=C(O)[C@@]3(O)C(=O)C1=C2O. The number of aliphatic hydroxyl groups is 3. The van der Waals surface area contributed by atoms with Crippen LogP contribution < -0.4 is 5.73 Å². The number of nitrogens with two attached hydrogens (primary N) is 1. The number of ether oxygens (including phenoxy) is 1. The Kier molecular flexibility index (Phi) is 6.63. The number of Topliss-reactive ketones (excluding diaryl/α,β-unsaturated/α-hetero) is 2. The van der Waals surface area contributed by atoms with E-state index in [-0.39, 0.29) is 41.7 Å². The van der Waals surface area contributed by atoms with E-state index in [4.69, 9.17) is 10.5 Å². The molecule has 3 aliphatic rings. The number of nitrogens with zero attached hydrogens (tertiary/aromatic N) is 1. The molecule has 3 aliphatic carbocycles. The van der Waals surface area contributed by atoms with Crippen molar-refractivity contribution in [2.75, 3.05) is 20.7 Å². The summed E-state index contributed by atoms with van der Waals surface area (Å²) in [5.41, 5.74) is 1.68. The van der Waals surface area contributed by atoms with Crippen molar-refractivity contribution in [1.29, 1.82) is 0 Å². The molecule has 1 unspecified atom stereocenters. The van der Waals surface area contributed by atoms with Gasteiger partial charge in [-0.1, -0.05) is 13.3 Å². The van der Waals surface area contributed by atoms with E-state index in [0.717, 1.165) is 6.42 Å². The maximum absolute atomic E-state index is 13.8. The molecule has 11 heteroatoms. The van der Waals surface area contributed by atoms with Gasteiger partial charge in [-0.25, -0.2) is 4.79 Å². The lowest BCUT2D eigenvalue weighted by molar-refractivity contribution is -0.153. The molecule has 198 valence electrons.